The van der Waals surface area contributed by atoms with E-state index < -0.39 is 16.9 Å². The van der Waals surface area contributed by atoms with Crippen molar-refractivity contribution in [3.05, 3.63) is 46.7 Å². The number of methoxy groups -OCH3 is 1. The lowest BCUT2D eigenvalue weighted by molar-refractivity contribution is -0.385. The highest BCUT2D eigenvalue weighted by Crippen LogP contribution is 2.26. The molecule has 3 rings (SSSR count). The van der Waals surface area contributed by atoms with Crippen LogP contribution >= 0.6 is 0 Å². The summed E-state index contributed by atoms with van der Waals surface area (Å²) in [4.78, 5) is 22.9. The van der Waals surface area contributed by atoms with Gasteiger partial charge in [0.2, 0.25) is 5.91 Å². The highest BCUT2D eigenvalue weighted by Gasteiger charge is 2.25. The molecule has 1 amide bonds. The Morgan fingerprint density at radius 1 is 1.29 bits per heavy atom. The Balaban J connectivity index is 1.66. The van der Waals surface area contributed by atoms with Gasteiger partial charge in [0.15, 0.2) is 0 Å². The van der Waals surface area contributed by atoms with Crippen molar-refractivity contribution in [1.82, 2.24) is 29.3 Å². The molecule has 0 aliphatic rings. The molecule has 0 fully saturated rings. The van der Waals surface area contributed by atoms with Gasteiger partial charge in [-0.05, 0) is 13.8 Å². The van der Waals surface area contributed by atoms with Crippen molar-refractivity contribution >= 4 is 17.3 Å². The Labute approximate surface area is 159 Å². The average Bonchev–Trinajstić information content (AvgIpc) is 3.40. The number of amides is 1. The van der Waals surface area contributed by atoms with Crippen molar-refractivity contribution in [1.29, 1.82) is 0 Å². The smallest absolute Gasteiger partial charge is 0.350 e. The largest absolute Gasteiger partial charge is 0.475 e. The number of ether oxygens (including phenoxy) is 1. The molecule has 0 radical (unpaired) electrons. The Hall–Kier alpha value is -3.70. The predicted octanol–water partition coefficient (Wildman–Crippen LogP) is 1.46. The second kappa shape index (κ2) is 7.90. The van der Waals surface area contributed by atoms with E-state index in [0.29, 0.717) is 12.2 Å². The van der Waals surface area contributed by atoms with Crippen LogP contribution in [0.5, 0.6) is 5.88 Å². The highest BCUT2D eigenvalue weighted by atomic mass is 16.6. The second-order valence-corrected chi connectivity index (χ2v) is 6.06. The summed E-state index contributed by atoms with van der Waals surface area (Å²) < 4.78 is 9.57. The molecule has 1 unspecified atom stereocenters. The van der Waals surface area contributed by atoms with Gasteiger partial charge in [0.25, 0.3) is 0 Å². The molecule has 12 heteroatoms. The zero-order valence-corrected chi connectivity index (χ0v) is 15.6. The van der Waals surface area contributed by atoms with Gasteiger partial charge in [0.1, 0.15) is 12.2 Å². The maximum atomic E-state index is 12.5. The van der Waals surface area contributed by atoms with Crippen LogP contribution in [-0.2, 0) is 17.9 Å². The van der Waals surface area contributed by atoms with E-state index in [0.717, 1.165) is 18.3 Å². The van der Waals surface area contributed by atoms with Crippen LogP contribution < -0.4 is 10.1 Å². The van der Waals surface area contributed by atoms with Gasteiger partial charge in [0, 0.05) is 24.5 Å². The van der Waals surface area contributed by atoms with E-state index in [4.69, 9.17) is 4.74 Å². The lowest BCUT2D eigenvalue weighted by Crippen LogP contribution is -2.23. The first-order valence-electron chi connectivity index (χ1n) is 8.53. The minimum absolute atomic E-state index is 0.148. The summed E-state index contributed by atoms with van der Waals surface area (Å²) in [5, 5.41) is 26.1. The number of hydrogen-bond donors (Lipinski definition) is 1. The first kappa shape index (κ1) is 19.1. The molecule has 0 aliphatic carbocycles. The van der Waals surface area contributed by atoms with Crippen molar-refractivity contribution in [2.75, 3.05) is 12.4 Å². The van der Waals surface area contributed by atoms with Gasteiger partial charge in [-0.3, -0.25) is 24.3 Å². The molecule has 0 spiro atoms. The number of nitro groups is 1. The van der Waals surface area contributed by atoms with Crippen molar-refractivity contribution < 1.29 is 14.5 Å². The Morgan fingerprint density at radius 3 is 2.64 bits per heavy atom. The summed E-state index contributed by atoms with van der Waals surface area (Å²) in [6.45, 7) is 4.89. The summed E-state index contributed by atoms with van der Waals surface area (Å²) in [5.41, 5.74) is 1.20. The number of aryl methyl sites for hydroxylation is 1. The molecule has 3 heterocycles. The normalized spacial score (nSPS) is 12.0. The van der Waals surface area contributed by atoms with E-state index in [-0.39, 0.29) is 11.6 Å². The third-order valence-corrected chi connectivity index (χ3v) is 4.10. The van der Waals surface area contributed by atoms with Crippen LogP contribution in [0.25, 0.3) is 0 Å². The van der Waals surface area contributed by atoms with Crippen molar-refractivity contribution in [3.63, 3.8) is 0 Å². The summed E-state index contributed by atoms with van der Waals surface area (Å²) in [5.74, 6) is -0.538. The topological polar surface area (TPSA) is 135 Å². The summed E-state index contributed by atoms with van der Waals surface area (Å²) in [6, 6.07) is -0.784. The van der Waals surface area contributed by atoms with Crippen LogP contribution in [0.3, 0.4) is 0 Å². The van der Waals surface area contributed by atoms with Crippen molar-refractivity contribution in [2.24, 2.45) is 0 Å². The number of aromatic nitrogens is 6. The fourth-order valence-electron chi connectivity index (χ4n) is 2.56. The monoisotopic (exact) mass is 388 g/mol. The SMILES string of the molecule is CCn1cc(Cn2cc(NC(=O)C(C)n3cc([N+](=O)[O-])c(OC)n3)cn2)cn1. The zero-order valence-electron chi connectivity index (χ0n) is 15.6. The Kier molecular flexibility index (Phi) is 5.38. The molecule has 12 nitrogen and oxygen atoms in total. The first-order valence-corrected chi connectivity index (χ1v) is 8.53. The Bertz CT molecular complexity index is 989. The van der Waals surface area contributed by atoms with Crippen LogP contribution in [0.2, 0.25) is 0 Å². The van der Waals surface area contributed by atoms with Gasteiger partial charge in [-0.25, -0.2) is 4.68 Å². The highest BCUT2D eigenvalue weighted by molar-refractivity contribution is 5.93. The molecule has 3 aromatic heterocycles. The lowest BCUT2D eigenvalue weighted by Gasteiger charge is -2.10. The average molecular weight is 388 g/mol. The summed E-state index contributed by atoms with van der Waals surface area (Å²) in [6.07, 6.45) is 8.09. The lowest BCUT2D eigenvalue weighted by atomic mass is 10.3. The van der Waals surface area contributed by atoms with E-state index in [9.17, 15) is 14.9 Å². The maximum Gasteiger partial charge on any atom is 0.350 e. The molecule has 28 heavy (non-hydrogen) atoms. The molecule has 0 aliphatic heterocycles. The fraction of sp³-hybridized carbons (Fsp3) is 0.375. The van der Waals surface area contributed by atoms with Crippen molar-refractivity contribution in [2.45, 2.75) is 33.0 Å². The number of rotatable bonds is 8. The molecule has 3 aromatic rings. The van der Waals surface area contributed by atoms with E-state index in [1.165, 1.54) is 18.0 Å². The number of carbonyl (C=O) groups excluding carboxylic acids is 1. The molecular weight excluding hydrogens is 368 g/mol. The van der Waals surface area contributed by atoms with Crippen LogP contribution in [0.15, 0.2) is 31.0 Å². The summed E-state index contributed by atoms with van der Waals surface area (Å²) in [7, 11) is 1.28. The first-order chi connectivity index (χ1) is 13.4. The van der Waals surface area contributed by atoms with E-state index in [1.807, 2.05) is 17.8 Å². The van der Waals surface area contributed by atoms with E-state index >= 15 is 0 Å². The van der Waals surface area contributed by atoms with Gasteiger partial charge in [-0.1, -0.05) is 0 Å². The van der Waals surface area contributed by atoms with Crippen LogP contribution in [-0.4, -0.2) is 47.3 Å². The number of nitrogens with one attached hydrogen (secondary N) is 1. The minimum atomic E-state index is -0.784. The molecule has 0 saturated carbocycles. The van der Waals surface area contributed by atoms with Crippen LogP contribution in [0, 0.1) is 10.1 Å². The van der Waals surface area contributed by atoms with E-state index in [1.54, 1.807) is 24.0 Å². The second-order valence-electron chi connectivity index (χ2n) is 6.06. The number of hydrogen-bond acceptors (Lipinski definition) is 7. The minimum Gasteiger partial charge on any atom is -0.475 e. The molecule has 1 N–H and O–H groups in total. The third kappa shape index (κ3) is 4.00. The van der Waals surface area contributed by atoms with E-state index in [2.05, 4.69) is 20.6 Å². The predicted molar refractivity (Wildman–Crippen MR) is 98.0 cm³/mol. The molecule has 1 atom stereocenters. The van der Waals surface area contributed by atoms with Gasteiger partial charge in [-0.15, -0.1) is 5.10 Å². The van der Waals surface area contributed by atoms with Gasteiger partial charge in [0.05, 0.1) is 36.7 Å². The molecule has 0 saturated heterocycles. The number of carbonyl (C=O) groups is 1. The fourth-order valence-corrected chi connectivity index (χ4v) is 2.56. The zero-order chi connectivity index (χ0) is 20.3. The molecular formula is C16H20N8O4. The van der Waals surface area contributed by atoms with Crippen LogP contribution in [0.4, 0.5) is 11.4 Å². The maximum absolute atomic E-state index is 12.5. The summed E-state index contributed by atoms with van der Waals surface area (Å²) >= 11 is 0. The molecule has 0 aromatic carbocycles. The number of nitrogens with zero attached hydrogens (tertiary/aromatic N) is 7. The molecule has 148 valence electrons. The van der Waals surface area contributed by atoms with Crippen LogP contribution in [0.1, 0.15) is 25.5 Å². The van der Waals surface area contributed by atoms with Gasteiger partial charge < -0.3 is 10.1 Å². The standard InChI is InChI=1S/C16H20N8O4/c1-4-21-7-12(5-17-21)8-22-9-13(6-18-22)19-15(25)11(2)23-10-14(24(26)27)16(20-23)28-3/h5-7,9-11H,4,8H2,1-3H3,(H,19,25). The third-order valence-electron chi connectivity index (χ3n) is 4.10. The van der Waals surface area contributed by atoms with Gasteiger partial charge in [-0.2, -0.15) is 10.2 Å². The Morgan fingerprint density at radius 2 is 2.04 bits per heavy atom. The number of anilines is 1. The quantitative estimate of drug-likeness (QED) is 0.456. The van der Waals surface area contributed by atoms with Crippen molar-refractivity contribution in [3.8, 4) is 5.88 Å². The van der Waals surface area contributed by atoms with Gasteiger partial charge >= 0.3 is 11.6 Å². The molecule has 0 bridgehead atoms.